The maximum atomic E-state index is 3.67. The van der Waals surface area contributed by atoms with Gasteiger partial charge in [0.05, 0.1) is 0 Å². The molecule has 2 atom stereocenters. The van der Waals surface area contributed by atoms with Gasteiger partial charge in [0.2, 0.25) is 0 Å². The van der Waals surface area contributed by atoms with E-state index in [1.807, 2.05) is 0 Å². The Morgan fingerprint density at radius 1 is 1.16 bits per heavy atom. The van der Waals surface area contributed by atoms with Gasteiger partial charge in [0.15, 0.2) is 0 Å². The minimum absolute atomic E-state index is 0.129. The Labute approximate surface area is 117 Å². The molecule has 0 spiro atoms. The van der Waals surface area contributed by atoms with Crippen LogP contribution in [0.2, 0.25) is 0 Å². The van der Waals surface area contributed by atoms with E-state index in [0.717, 1.165) is 0 Å². The molecule has 102 valence electrons. The molecule has 1 N–H and O–H groups in total. The number of hydrogen-bond donors (Lipinski definition) is 1. The standard InChI is InChI=1S/C18H25N/c1-13-10-11-15(12-13)17-9-7-6-8-16(17)14(2)19-18(3,4)5/h6-12,14-15,19H,1-5H3. The van der Waals surface area contributed by atoms with Crippen LogP contribution in [0.5, 0.6) is 0 Å². The monoisotopic (exact) mass is 255 g/mol. The lowest BCUT2D eigenvalue weighted by atomic mass is 9.91. The Morgan fingerprint density at radius 2 is 1.84 bits per heavy atom. The largest absolute Gasteiger partial charge is 0.306 e. The molecule has 0 bridgehead atoms. The highest BCUT2D eigenvalue weighted by Gasteiger charge is 2.20. The van der Waals surface area contributed by atoms with Crippen LogP contribution in [0, 0.1) is 0 Å². The quantitative estimate of drug-likeness (QED) is 0.823. The maximum absolute atomic E-state index is 3.67. The molecule has 2 rings (SSSR count). The summed E-state index contributed by atoms with van der Waals surface area (Å²) in [6, 6.07) is 9.13. The van der Waals surface area contributed by atoms with Crippen LogP contribution in [0.15, 0.2) is 48.1 Å². The van der Waals surface area contributed by atoms with Crippen molar-refractivity contribution >= 4 is 0 Å². The molecule has 0 radical (unpaired) electrons. The van der Waals surface area contributed by atoms with Gasteiger partial charge in [-0.05, 0) is 45.7 Å². The van der Waals surface area contributed by atoms with E-state index in [1.165, 1.54) is 16.7 Å². The zero-order valence-electron chi connectivity index (χ0n) is 12.7. The van der Waals surface area contributed by atoms with Crippen molar-refractivity contribution in [2.24, 2.45) is 0 Å². The highest BCUT2D eigenvalue weighted by Crippen LogP contribution is 2.32. The Balaban J connectivity index is 2.29. The lowest BCUT2D eigenvalue weighted by Gasteiger charge is -2.28. The molecule has 2 unspecified atom stereocenters. The van der Waals surface area contributed by atoms with Crippen LogP contribution >= 0.6 is 0 Å². The van der Waals surface area contributed by atoms with Crippen molar-refractivity contribution in [1.29, 1.82) is 0 Å². The van der Waals surface area contributed by atoms with Crippen LogP contribution in [0.4, 0.5) is 0 Å². The lowest BCUT2D eigenvalue weighted by Crippen LogP contribution is -2.38. The highest BCUT2D eigenvalue weighted by atomic mass is 15.0. The minimum Gasteiger partial charge on any atom is -0.306 e. The molecule has 0 saturated carbocycles. The third kappa shape index (κ3) is 3.57. The first-order valence-corrected chi connectivity index (χ1v) is 7.10. The molecular weight excluding hydrogens is 230 g/mol. The Hall–Kier alpha value is -1.34. The normalized spacial score (nSPS) is 20.5. The van der Waals surface area contributed by atoms with Crippen molar-refractivity contribution in [2.45, 2.75) is 52.1 Å². The van der Waals surface area contributed by atoms with Crippen LogP contribution in [0.25, 0.3) is 0 Å². The van der Waals surface area contributed by atoms with Crippen molar-refractivity contribution in [2.75, 3.05) is 0 Å². The molecule has 1 aliphatic rings. The molecule has 19 heavy (non-hydrogen) atoms. The van der Waals surface area contributed by atoms with Crippen LogP contribution in [0.3, 0.4) is 0 Å². The highest BCUT2D eigenvalue weighted by molar-refractivity contribution is 5.43. The number of allylic oxidation sites excluding steroid dienone is 4. The molecule has 1 aromatic rings. The second-order valence-corrected chi connectivity index (χ2v) is 6.54. The Bertz CT molecular complexity index is 503. The van der Waals surface area contributed by atoms with E-state index < -0.39 is 0 Å². The predicted octanol–water partition coefficient (Wildman–Crippen LogP) is 4.74. The van der Waals surface area contributed by atoms with E-state index in [4.69, 9.17) is 0 Å². The summed E-state index contributed by atoms with van der Waals surface area (Å²) in [5.41, 5.74) is 4.30. The fraction of sp³-hybridized carbons (Fsp3) is 0.444. The van der Waals surface area contributed by atoms with Gasteiger partial charge < -0.3 is 5.32 Å². The summed E-state index contributed by atoms with van der Waals surface area (Å²) in [4.78, 5) is 0. The van der Waals surface area contributed by atoms with Gasteiger partial charge in [0.1, 0.15) is 0 Å². The van der Waals surface area contributed by atoms with Gasteiger partial charge in [-0.25, -0.2) is 0 Å². The molecule has 0 fully saturated rings. The van der Waals surface area contributed by atoms with Crippen LogP contribution < -0.4 is 5.32 Å². The lowest BCUT2D eigenvalue weighted by molar-refractivity contribution is 0.377. The smallest absolute Gasteiger partial charge is 0.0299 e. The Kier molecular flexibility index (Phi) is 3.96. The van der Waals surface area contributed by atoms with Gasteiger partial charge in [-0.2, -0.15) is 0 Å². The van der Waals surface area contributed by atoms with Crippen molar-refractivity contribution in [1.82, 2.24) is 5.32 Å². The second kappa shape index (κ2) is 5.34. The summed E-state index contributed by atoms with van der Waals surface area (Å²) in [6.07, 6.45) is 6.84. The summed E-state index contributed by atoms with van der Waals surface area (Å²) in [5.74, 6) is 0.431. The first-order chi connectivity index (χ1) is 8.87. The van der Waals surface area contributed by atoms with Crippen LogP contribution in [-0.4, -0.2) is 5.54 Å². The summed E-state index contributed by atoms with van der Waals surface area (Å²) in [5, 5.41) is 3.67. The van der Waals surface area contributed by atoms with Crippen molar-refractivity contribution < 1.29 is 0 Å². The van der Waals surface area contributed by atoms with E-state index in [2.05, 4.69) is 82.4 Å². The fourth-order valence-corrected chi connectivity index (χ4v) is 2.78. The molecule has 1 heteroatoms. The van der Waals surface area contributed by atoms with E-state index in [0.29, 0.717) is 12.0 Å². The number of hydrogen-bond acceptors (Lipinski definition) is 1. The van der Waals surface area contributed by atoms with Crippen LogP contribution in [-0.2, 0) is 0 Å². The summed E-state index contributed by atoms with van der Waals surface area (Å²) < 4.78 is 0. The predicted molar refractivity (Wildman–Crippen MR) is 83.4 cm³/mol. The van der Waals surface area contributed by atoms with E-state index in [-0.39, 0.29) is 5.54 Å². The number of benzene rings is 1. The molecular formula is C18H25N. The first kappa shape index (κ1) is 14.1. The minimum atomic E-state index is 0.129. The maximum Gasteiger partial charge on any atom is 0.0299 e. The van der Waals surface area contributed by atoms with Crippen molar-refractivity contribution in [3.63, 3.8) is 0 Å². The second-order valence-electron chi connectivity index (χ2n) is 6.54. The molecule has 0 amide bonds. The molecule has 0 aliphatic heterocycles. The first-order valence-electron chi connectivity index (χ1n) is 7.10. The zero-order chi connectivity index (χ0) is 14.0. The molecule has 1 nitrogen and oxygen atoms in total. The van der Waals surface area contributed by atoms with Gasteiger partial charge in [0, 0.05) is 17.5 Å². The third-order valence-corrected chi connectivity index (χ3v) is 3.48. The zero-order valence-corrected chi connectivity index (χ0v) is 12.7. The van der Waals surface area contributed by atoms with Gasteiger partial charge in [0.25, 0.3) is 0 Å². The molecule has 1 aliphatic carbocycles. The number of rotatable bonds is 3. The molecule has 1 aromatic carbocycles. The topological polar surface area (TPSA) is 12.0 Å². The Morgan fingerprint density at radius 3 is 2.42 bits per heavy atom. The van der Waals surface area contributed by atoms with Gasteiger partial charge in [-0.3, -0.25) is 0 Å². The van der Waals surface area contributed by atoms with E-state index in [1.54, 1.807) is 0 Å². The summed E-state index contributed by atoms with van der Waals surface area (Å²) in [7, 11) is 0. The summed E-state index contributed by atoms with van der Waals surface area (Å²) >= 11 is 0. The molecule has 0 saturated heterocycles. The van der Waals surface area contributed by atoms with E-state index in [9.17, 15) is 0 Å². The van der Waals surface area contributed by atoms with Crippen molar-refractivity contribution in [3.05, 3.63) is 59.2 Å². The third-order valence-electron chi connectivity index (χ3n) is 3.48. The molecule has 0 heterocycles. The summed E-state index contributed by atoms with van der Waals surface area (Å²) in [6.45, 7) is 11.1. The molecule has 0 aromatic heterocycles. The average molecular weight is 255 g/mol. The van der Waals surface area contributed by atoms with Gasteiger partial charge >= 0.3 is 0 Å². The fourth-order valence-electron chi connectivity index (χ4n) is 2.78. The van der Waals surface area contributed by atoms with E-state index >= 15 is 0 Å². The van der Waals surface area contributed by atoms with Crippen molar-refractivity contribution in [3.8, 4) is 0 Å². The van der Waals surface area contributed by atoms with Crippen LogP contribution in [0.1, 0.15) is 57.7 Å². The SMILES string of the molecule is CC1=CC(c2ccccc2C(C)NC(C)(C)C)C=C1. The average Bonchev–Trinajstić information content (AvgIpc) is 2.73. The van der Waals surface area contributed by atoms with Gasteiger partial charge in [-0.15, -0.1) is 0 Å². The number of nitrogens with one attached hydrogen (secondary N) is 1. The van der Waals surface area contributed by atoms with Gasteiger partial charge in [-0.1, -0.05) is 48.1 Å².